The van der Waals surface area contributed by atoms with Gasteiger partial charge in [-0.1, -0.05) is 23.8 Å². The van der Waals surface area contributed by atoms with E-state index in [4.69, 9.17) is 0 Å². The fourth-order valence-corrected chi connectivity index (χ4v) is 2.22. The molecule has 0 N–H and O–H groups in total. The zero-order chi connectivity index (χ0) is 11.7. The maximum atomic E-state index is 12.1. The average Bonchev–Trinajstić information content (AvgIpc) is 2.52. The number of nitrogens with zero attached hydrogens (tertiary/aromatic N) is 1. The lowest BCUT2D eigenvalue weighted by Gasteiger charge is -2.21. The van der Waals surface area contributed by atoms with E-state index < -0.39 is 0 Å². The van der Waals surface area contributed by atoms with Crippen molar-refractivity contribution in [2.24, 2.45) is 0 Å². The second-order valence-corrected chi connectivity index (χ2v) is 4.61. The van der Waals surface area contributed by atoms with Crippen molar-refractivity contribution >= 4 is 11.6 Å². The van der Waals surface area contributed by atoms with Crippen molar-refractivity contribution in [2.75, 3.05) is 4.90 Å². The molecule has 0 bridgehead atoms. The first-order valence-corrected chi connectivity index (χ1v) is 5.65. The minimum absolute atomic E-state index is 0.0949. The molecule has 16 heavy (non-hydrogen) atoms. The number of anilines is 1. The summed E-state index contributed by atoms with van der Waals surface area (Å²) in [5, 5.41) is 0. The molecule has 0 aromatic heterocycles. The highest BCUT2D eigenvalue weighted by molar-refractivity contribution is 6.03. The molecule has 1 aliphatic rings. The topological polar surface area (TPSA) is 20.3 Å². The van der Waals surface area contributed by atoms with E-state index in [9.17, 15) is 4.79 Å². The molecule has 1 amide bonds. The van der Waals surface area contributed by atoms with E-state index in [1.807, 2.05) is 36.9 Å². The molecule has 0 saturated carbocycles. The first-order chi connectivity index (χ1) is 7.59. The highest BCUT2D eigenvalue weighted by Crippen LogP contribution is 2.31. The fourth-order valence-electron chi connectivity index (χ4n) is 2.22. The third-order valence-electron chi connectivity index (χ3n) is 2.86. The first-order valence-electron chi connectivity index (χ1n) is 5.65. The maximum absolute atomic E-state index is 12.1. The summed E-state index contributed by atoms with van der Waals surface area (Å²) >= 11 is 0. The van der Waals surface area contributed by atoms with Gasteiger partial charge in [0.15, 0.2) is 0 Å². The van der Waals surface area contributed by atoms with Gasteiger partial charge in [0.25, 0.3) is 5.91 Å². The lowest BCUT2D eigenvalue weighted by atomic mass is 10.1. The minimum Gasteiger partial charge on any atom is -0.305 e. The van der Waals surface area contributed by atoms with Gasteiger partial charge in [-0.25, -0.2) is 0 Å². The van der Waals surface area contributed by atoms with Crippen LogP contribution in [0, 0.1) is 0 Å². The molecule has 0 saturated heterocycles. The van der Waals surface area contributed by atoms with Gasteiger partial charge in [0.05, 0.1) is 0 Å². The van der Waals surface area contributed by atoms with E-state index in [-0.39, 0.29) is 11.9 Å². The number of benzene rings is 1. The van der Waals surface area contributed by atoms with Gasteiger partial charge in [-0.15, -0.1) is 0 Å². The van der Waals surface area contributed by atoms with Gasteiger partial charge in [0, 0.05) is 17.8 Å². The molecular formula is C14H17NO. The quantitative estimate of drug-likeness (QED) is 0.660. The number of carbonyl (C=O) groups is 1. The van der Waals surface area contributed by atoms with Gasteiger partial charge in [-0.2, -0.15) is 0 Å². The second-order valence-electron chi connectivity index (χ2n) is 4.61. The lowest BCUT2D eigenvalue weighted by Crippen LogP contribution is -2.34. The fraction of sp³-hybridized carbons (Fsp3) is 0.357. The zero-order valence-electron chi connectivity index (χ0n) is 10.0. The number of allylic oxidation sites excluding steroid dienone is 1. The Balaban J connectivity index is 2.36. The molecule has 1 aliphatic heterocycles. The molecule has 2 nitrogen and oxygen atoms in total. The number of rotatable bonds is 1. The first kappa shape index (κ1) is 10.9. The van der Waals surface area contributed by atoms with Crippen LogP contribution >= 0.6 is 0 Å². The van der Waals surface area contributed by atoms with Crippen molar-refractivity contribution in [1.29, 1.82) is 0 Å². The van der Waals surface area contributed by atoms with Crippen LogP contribution in [0.3, 0.4) is 0 Å². The third-order valence-corrected chi connectivity index (χ3v) is 2.86. The van der Waals surface area contributed by atoms with E-state index in [0.717, 1.165) is 17.7 Å². The van der Waals surface area contributed by atoms with Crippen LogP contribution < -0.4 is 4.90 Å². The van der Waals surface area contributed by atoms with E-state index in [2.05, 4.69) is 13.0 Å². The van der Waals surface area contributed by atoms with Crippen LogP contribution in [0.15, 0.2) is 35.9 Å². The van der Waals surface area contributed by atoms with E-state index in [1.165, 1.54) is 5.56 Å². The second kappa shape index (κ2) is 4.12. The van der Waals surface area contributed by atoms with E-state index in [1.54, 1.807) is 6.08 Å². The van der Waals surface area contributed by atoms with Crippen molar-refractivity contribution in [2.45, 2.75) is 33.2 Å². The third kappa shape index (κ3) is 1.87. The molecule has 1 unspecified atom stereocenters. The van der Waals surface area contributed by atoms with Crippen molar-refractivity contribution in [3.8, 4) is 0 Å². The molecule has 1 atom stereocenters. The largest absolute Gasteiger partial charge is 0.305 e. The number of hydrogen-bond acceptors (Lipinski definition) is 1. The zero-order valence-corrected chi connectivity index (χ0v) is 10.0. The summed E-state index contributed by atoms with van der Waals surface area (Å²) < 4.78 is 0. The molecule has 0 aliphatic carbocycles. The Morgan fingerprint density at radius 2 is 2.06 bits per heavy atom. The van der Waals surface area contributed by atoms with Gasteiger partial charge in [-0.05, 0) is 38.8 Å². The molecule has 2 rings (SSSR count). The highest BCUT2D eigenvalue weighted by Gasteiger charge is 2.29. The summed E-state index contributed by atoms with van der Waals surface area (Å²) in [6.07, 6.45) is 2.66. The molecule has 1 aromatic rings. The van der Waals surface area contributed by atoms with Gasteiger partial charge in [0.2, 0.25) is 0 Å². The standard InChI is InChI=1S/C14H17NO/c1-10(2)8-14(16)15-11(3)9-12-6-4-5-7-13(12)15/h4-8,11H,9H2,1-3H3. The summed E-state index contributed by atoms with van der Waals surface area (Å²) in [4.78, 5) is 14.0. The van der Waals surface area contributed by atoms with E-state index >= 15 is 0 Å². The summed E-state index contributed by atoms with van der Waals surface area (Å²) in [6.45, 7) is 5.99. The maximum Gasteiger partial charge on any atom is 0.251 e. The number of fused-ring (bicyclic) bond motifs is 1. The highest BCUT2D eigenvalue weighted by atomic mass is 16.2. The Kier molecular flexibility index (Phi) is 2.82. The summed E-state index contributed by atoms with van der Waals surface area (Å²) in [6, 6.07) is 8.40. The van der Waals surface area contributed by atoms with E-state index in [0.29, 0.717) is 0 Å². The number of hydrogen-bond donors (Lipinski definition) is 0. The normalized spacial score (nSPS) is 18.2. The molecule has 0 fully saturated rings. The summed E-state index contributed by atoms with van der Waals surface area (Å²) in [5.74, 6) is 0.0949. The van der Waals surface area contributed by atoms with Gasteiger partial charge in [0.1, 0.15) is 0 Å². The van der Waals surface area contributed by atoms with Crippen molar-refractivity contribution in [3.05, 3.63) is 41.5 Å². The SMILES string of the molecule is CC(C)=CC(=O)N1c2ccccc2CC1C. The monoisotopic (exact) mass is 215 g/mol. The van der Waals surface area contributed by atoms with Gasteiger partial charge < -0.3 is 4.90 Å². The average molecular weight is 215 g/mol. The van der Waals surface area contributed by atoms with Gasteiger partial charge >= 0.3 is 0 Å². The molecule has 1 aromatic carbocycles. The Morgan fingerprint density at radius 1 is 1.38 bits per heavy atom. The Hall–Kier alpha value is -1.57. The Morgan fingerprint density at radius 3 is 2.75 bits per heavy atom. The molecule has 2 heteroatoms. The summed E-state index contributed by atoms with van der Waals surface area (Å²) in [5.41, 5.74) is 3.38. The van der Waals surface area contributed by atoms with Crippen LogP contribution in [-0.4, -0.2) is 11.9 Å². The van der Waals surface area contributed by atoms with Crippen molar-refractivity contribution in [3.63, 3.8) is 0 Å². The molecule has 84 valence electrons. The van der Waals surface area contributed by atoms with Crippen molar-refractivity contribution in [1.82, 2.24) is 0 Å². The van der Waals surface area contributed by atoms with Crippen LogP contribution in [-0.2, 0) is 11.2 Å². The smallest absolute Gasteiger partial charge is 0.251 e. The lowest BCUT2D eigenvalue weighted by molar-refractivity contribution is -0.114. The number of carbonyl (C=O) groups excluding carboxylic acids is 1. The minimum atomic E-state index is 0.0949. The van der Waals surface area contributed by atoms with Crippen LogP contribution in [0.25, 0.3) is 0 Å². The van der Waals surface area contributed by atoms with Gasteiger partial charge in [-0.3, -0.25) is 4.79 Å². The molecule has 0 spiro atoms. The molecule has 1 heterocycles. The number of amides is 1. The molecule has 0 radical (unpaired) electrons. The number of para-hydroxylation sites is 1. The van der Waals surface area contributed by atoms with Crippen LogP contribution in [0.5, 0.6) is 0 Å². The Bertz CT molecular complexity index is 444. The van der Waals surface area contributed by atoms with Crippen LogP contribution in [0.1, 0.15) is 26.3 Å². The van der Waals surface area contributed by atoms with Crippen LogP contribution in [0.2, 0.25) is 0 Å². The molecular weight excluding hydrogens is 198 g/mol. The predicted octanol–water partition coefficient (Wildman–Crippen LogP) is 2.93. The summed E-state index contributed by atoms with van der Waals surface area (Å²) in [7, 11) is 0. The Labute approximate surface area is 96.6 Å². The predicted molar refractivity (Wildman–Crippen MR) is 66.5 cm³/mol. The van der Waals surface area contributed by atoms with Crippen LogP contribution in [0.4, 0.5) is 5.69 Å². The van der Waals surface area contributed by atoms with Crippen molar-refractivity contribution < 1.29 is 4.79 Å².